The van der Waals surface area contributed by atoms with Crippen LogP contribution in [0.2, 0.25) is 5.02 Å². The van der Waals surface area contributed by atoms with Crippen molar-refractivity contribution in [3.63, 3.8) is 0 Å². The predicted octanol–water partition coefficient (Wildman–Crippen LogP) is 3.62. The number of benzene rings is 1. The number of hydrogen-bond acceptors (Lipinski definition) is 3. The molecule has 2 heterocycles. The van der Waals surface area contributed by atoms with Crippen LogP contribution in [0.1, 0.15) is 63.5 Å². The lowest BCUT2D eigenvalue weighted by Crippen LogP contribution is -2.49. The summed E-state index contributed by atoms with van der Waals surface area (Å²) in [7, 11) is 0. The highest BCUT2D eigenvalue weighted by Gasteiger charge is 2.40. The summed E-state index contributed by atoms with van der Waals surface area (Å²) < 4.78 is 0. The summed E-state index contributed by atoms with van der Waals surface area (Å²) in [6, 6.07) is 6.63. The molecule has 3 rings (SSSR count). The van der Waals surface area contributed by atoms with Gasteiger partial charge in [-0.15, -0.1) is 0 Å². The van der Waals surface area contributed by atoms with Crippen molar-refractivity contribution in [1.82, 2.24) is 10.2 Å². The van der Waals surface area contributed by atoms with Crippen LogP contribution in [0.25, 0.3) is 0 Å². The Bertz CT molecular complexity index is 680. The molecule has 2 amide bonds. The maximum atomic E-state index is 12.3. The van der Waals surface area contributed by atoms with E-state index in [1.54, 1.807) is 0 Å². The van der Waals surface area contributed by atoms with Gasteiger partial charge in [-0.1, -0.05) is 23.7 Å². The van der Waals surface area contributed by atoms with Gasteiger partial charge in [0.1, 0.15) is 0 Å². The summed E-state index contributed by atoms with van der Waals surface area (Å²) in [6.45, 7) is 8.57. The van der Waals surface area contributed by atoms with E-state index < -0.39 is 5.41 Å². The number of carbonyl (C=O) groups is 2. The molecule has 0 radical (unpaired) electrons. The Hall–Kier alpha value is -1.39. The molecule has 1 aromatic carbocycles. The van der Waals surface area contributed by atoms with Gasteiger partial charge in [-0.3, -0.25) is 14.9 Å². The number of halogens is 1. The Morgan fingerprint density at radius 2 is 1.92 bits per heavy atom. The van der Waals surface area contributed by atoms with Crippen molar-refractivity contribution in [1.29, 1.82) is 0 Å². The van der Waals surface area contributed by atoms with Crippen LogP contribution in [-0.4, -0.2) is 35.8 Å². The fourth-order valence-corrected chi connectivity index (χ4v) is 4.34. The van der Waals surface area contributed by atoms with Gasteiger partial charge >= 0.3 is 0 Å². The first-order valence-electron chi connectivity index (χ1n) is 9.19. The lowest BCUT2D eigenvalue weighted by molar-refractivity contribution is -0.137. The van der Waals surface area contributed by atoms with Crippen molar-refractivity contribution < 1.29 is 9.59 Å². The number of amides is 2. The van der Waals surface area contributed by atoms with E-state index in [1.165, 1.54) is 5.56 Å². The minimum Gasteiger partial charge on any atom is -0.301 e. The Morgan fingerprint density at radius 3 is 2.48 bits per heavy atom. The molecule has 25 heavy (non-hydrogen) atoms. The fraction of sp³-hybridized carbons (Fsp3) is 0.600. The molecule has 0 unspecified atom stereocenters. The summed E-state index contributed by atoms with van der Waals surface area (Å²) in [5.41, 5.74) is 1.40. The molecule has 0 aliphatic carbocycles. The highest BCUT2D eigenvalue weighted by Crippen LogP contribution is 2.38. The molecular weight excluding hydrogens is 336 g/mol. The molecule has 0 spiro atoms. The molecule has 136 valence electrons. The average Bonchev–Trinajstić information content (AvgIpc) is 2.58. The Morgan fingerprint density at radius 1 is 1.24 bits per heavy atom. The summed E-state index contributed by atoms with van der Waals surface area (Å²) in [6.07, 6.45) is 3.13. The molecule has 0 aromatic heterocycles. The Balaban J connectivity index is 1.78. The normalized spacial score (nSPS) is 26.1. The van der Waals surface area contributed by atoms with Crippen molar-refractivity contribution in [2.45, 2.75) is 63.8 Å². The molecule has 2 aliphatic rings. The molecule has 1 N–H and O–H groups in total. The van der Waals surface area contributed by atoms with Crippen LogP contribution < -0.4 is 5.32 Å². The Labute approximate surface area is 154 Å². The first kappa shape index (κ1) is 18.4. The molecular formula is C20H27ClN2O2. The number of likely N-dealkylation sites (tertiary alicyclic amines) is 1. The second-order valence-corrected chi connectivity index (χ2v) is 8.26. The molecule has 2 fully saturated rings. The van der Waals surface area contributed by atoms with Gasteiger partial charge in [0.15, 0.2) is 0 Å². The Kier molecular flexibility index (Phi) is 5.21. The summed E-state index contributed by atoms with van der Waals surface area (Å²) >= 11 is 6.61. The van der Waals surface area contributed by atoms with Crippen molar-refractivity contribution in [3.05, 3.63) is 34.3 Å². The van der Waals surface area contributed by atoms with Gasteiger partial charge in [-0.05, 0) is 76.2 Å². The second kappa shape index (κ2) is 7.08. The standard InChI is InChI=1S/C20H27ClN2O2/c1-13(2)23-10-7-14(8-11-23)16-5-4-15(12-17(16)21)20(3)9-6-18(24)22-19(20)25/h4-5,12-14H,6-11H2,1-3H3,(H,22,24,25)/t20-/m1/s1. The van der Waals surface area contributed by atoms with E-state index in [9.17, 15) is 9.59 Å². The van der Waals surface area contributed by atoms with Crippen LogP contribution in [0.5, 0.6) is 0 Å². The molecule has 2 saturated heterocycles. The van der Waals surface area contributed by atoms with Crippen LogP contribution >= 0.6 is 11.6 Å². The van der Waals surface area contributed by atoms with Crippen molar-refractivity contribution in [2.24, 2.45) is 0 Å². The first-order valence-corrected chi connectivity index (χ1v) is 9.57. The van der Waals surface area contributed by atoms with Gasteiger partial charge in [0.2, 0.25) is 11.8 Å². The lowest BCUT2D eigenvalue weighted by Gasteiger charge is -2.36. The zero-order valence-electron chi connectivity index (χ0n) is 15.3. The summed E-state index contributed by atoms with van der Waals surface area (Å²) in [5.74, 6) is 0.0611. The van der Waals surface area contributed by atoms with E-state index in [4.69, 9.17) is 11.6 Å². The van der Waals surface area contributed by atoms with Gasteiger partial charge < -0.3 is 4.90 Å². The molecule has 4 nitrogen and oxygen atoms in total. The first-order chi connectivity index (χ1) is 11.8. The smallest absolute Gasteiger partial charge is 0.236 e. The van der Waals surface area contributed by atoms with E-state index in [2.05, 4.69) is 30.1 Å². The second-order valence-electron chi connectivity index (χ2n) is 7.85. The third-order valence-corrected chi connectivity index (χ3v) is 6.27. The minimum atomic E-state index is -0.683. The minimum absolute atomic E-state index is 0.192. The van der Waals surface area contributed by atoms with Crippen molar-refractivity contribution in [3.8, 4) is 0 Å². The molecule has 1 aromatic rings. The highest BCUT2D eigenvalue weighted by molar-refractivity contribution is 6.31. The molecule has 5 heteroatoms. The van der Waals surface area contributed by atoms with E-state index in [1.807, 2.05) is 19.1 Å². The number of piperidine rings is 2. The number of nitrogens with one attached hydrogen (secondary N) is 1. The molecule has 2 aliphatic heterocycles. The summed E-state index contributed by atoms with van der Waals surface area (Å²) in [4.78, 5) is 26.3. The SMILES string of the molecule is CC(C)N1CCC(c2ccc([C@@]3(C)CCC(=O)NC3=O)cc2Cl)CC1. The van der Waals surface area contributed by atoms with Crippen LogP contribution in [-0.2, 0) is 15.0 Å². The maximum Gasteiger partial charge on any atom is 0.236 e. The van der Waals surface area contributed by atoms with Crippen LogP contribution in [0.4, 0.5) is 0 Å². The zero-order chi connectivity index (χ0) is 18.2. The number of nitrogens with zero attached hydrogens (tertiary/aromatic N) is 1. The van der Waals surface area contributed by atoms with Gasteiger partial charge in [-0.2, -0.15) is 0 Å². The monoisotopic (exact) mass is 362 g/mol. The van der Waals surface area contributed by atoms with Crippen LogP contribution in [0, 0.1) is 0 Å². The quantitative estimate of drug-likeness (QED) is 0.835. The molecule has 0 saturated carbocycles. The third-order valence-electron chi connectivity index (χ3n) is 5.94. The molecule has 0 bridgehead atoms. The number of hydrogen-bond donors (Lipinski definition) is 1. The van der Waals surface area contributed by atoms with Gasteiger partial charge in [0.25, 0.3) is 0 Å². The largest absolute Gasteiger partial charge is 0.301 e. The van der Waals surface area contributed by atoms with Gasteiger partial charge in [0.05, 0.1) is 5.41 Å². The van der Waals surface area contributed by atoms with Crippen molar-refractivity contribution >= 4 is 23.4 Å². The predicted molar refractivity (Wildman–Crippen MR) is 99.9 cm³/mol. The average molecular weight is 363 g/mol. The molecule has 1 atom stereocenters. The van der Waals surface area contributed by atoms with Crippen LogP contribution in [0.3, 0.4) is 0 Å². The zero-order valence-corrected chi connectivity index (χ0v) is 16.0. The van der Waals surface area contributed by atoms with E-state index in [-0.39, 0.29) is 11.8 Å². The van der Waals surface area contributed by atoms with Crippen molar-refractivity contribution in [2.75, 3.05) is 13.1 Å². The number of imide groups is 1. The maximum absolute atomic E-state index is 12.3. The lowest BCUT2D eigenvalue weighted by atomic mass is 9.75. The number of carbonyl (C=O) groups excluding carboxylic acids is 2. The van der Waals surface area contributed by atoms with Crippen LogP contribution in [0.15, 0.2) is 18.2 Å². The van der Waals surface area contributed by atoms with Gasteiger partial charge in [0, 0.05) is 17.5 Å². The topological polar surface area (TPSA) is 49.4 Å². The highest BCUT2D eigenvalue weighted by atomic mass is 35.5. The van der Waals surface area contributed by atoms with E-state index in [0.29, 0.717) is 24.8 Å². The van der Waals surface area contributed by atoms with Gasteiger partial charge in [-0.25, -0.2) is 0 Å². The number of rotatable bonds is 3. The van der Waals surface area contributed by atoms with E-state index >= 15 is 0 Å². The van der Waals surface area contributed by atoms with E-state index in [0.717, 1.165) is 36.5 Å². The fourth-order valence-electron chi connectivity index (χ4n) is 4.01. The third kappa shape index (κ3) is 3.61. The summed E-state index contributed by atoms with van der Waals surface area (Å²) in [5, 5.41) is 3.20.